The summed E-state index contributed by atoms with van der Waals surface area (Å²) in [7, 11) is 0. The zero-order chi connectivity index (χ0) is 18.2. The van der Waals surface area contributed by atoms with Crippen LogP contribution in [0.2, 0.25) is 0 Å². The number of hydrogen-bond donors (Lipinski definition) is 1. The minimum absolute atomic E-state index is 0.0768. The van der Waals surface area contributed by atoms with Crippen molar-refractivity contribution in [2.75, 3.05) is 19.8 Å². The molecule has 0 saturated carbocycles. The Balaban J connectivity index is 1.75. The van der Waals surface area contributed by atoms with Crippen LogP contribution in [0.25, 0.3) is 0 Å². The van der Waals surface area contributed by atoms with Gasteiger partial charge in [0.2, 0.25) is 0 Å². The average Bonchev–Trinajstić information content (AvgIpc) is 2.58. The smallest absolute Gasteiger partial charge is 0.258 e. The van der Waals surface area contributed by atoms with Gasteiger partial charge < -0.3 is 14.8 Å². The van der Waals surface area contributed by atoms with Crippen LogP contribution in [-0.4, -0.2) is 32.0 Å². The largest absolute Gasteiger partial charge is 0.492 e. The summed E-state index contributed by atoms with van der Waals surface area (Å²) in [5.74, 6) is 1.20. The summed E-state index contributed by atoms with van der Waals surface area (Å²) in [6.07, 6.45) is 0.796. The Labute approximate surface area is 148 Å². The summed E-state index contributed by atoms with van der Waals surface area (Å²) in [6, 6.07) is 11.2. The molecule has 2 aromatic rings. The fourth-order valence-corrected chi connectivity index (χ4v) is 2.53. The van der Waals surface area contributed by atoms with Crippen LogP contribution < -0.4 is 14.8 Å². The van der Waals surface area contributed by atoms with Crippen LogP contribution >= 0.6 is 0 Å². The lowest BCUT2D eigenvalue weighted by molar-refractivity contribution is -0.123. The van der Waals surface area contributed by atoms with E-state index in [0.29, 0.717) is 24.5 Å². The van der Waals surface area contributed by atoms with Crippen molar-refractivity contribution in [3.8, 4) is 11.5 Å². The van der Waals surface area contributed by atoms with Crippen LogP contribution in [0.3, 0.4) is 0 Å². The highest BCUT2D eigenvalue weighted by molar-refractivity contribution is 5.78. The number of nitrogens with one attached hydrogen (secondary N) is 1. The van der Waals surface area contributed by atoms with Gasteiger partial charge in [-0.25, -0.2) is 0 Å². The summed E-state index contributed by atoms with van der Waals surface area (Å²) < 4.78 is 11.2. The first-order chi connectivity index (χ1) is 12.0. The molecule has 5 heteroatoms. The molecule has 132 valence electrons. The van der Waals surface area contributed by atoms with Gasteiger partial charge in [0.25, 0.3) is 5.91 Å². The van der Waals surface area contributed by atoms with E-state index in [0.717, 1.165) is 28.7 Å². The van der Waals surface area contributed by atoms with E-state index in [1.807, 2.05) is 45.0 Å². The van der Waals surface area contributed by atoms with E-state index in [9.17, 15) is 9.59 Å². The molecule has 0 aliphatic heterocycles. The van der Waals surface area contributed by atoms with Gasteiger partial charge in [0.1, 0.15) is 24.4 Å². The van der Waals surface area contributed by atoms with E-state index >= 15 is 0 Å². The van der Waals surface area contributed by atoms with Crippen molar-refractivity contribution in [3.63, 3.8) is 0 Å². The van der Waals surface area contributed by atoms with Gasteiger partial charge in [0, 0.05) is 5.56 Å². The maximum absolute atomic E-state index is 11.9. The lowest BCUT2D eigenvalue weighted by Gasteiger charge is -2.13. The number of carbonyl (C=O) groups excluding carboxylic acids is 2. The van der Waals surface area contributed by atoms with Gasteiger partial charge in [-0.1, -0.05) is 12.1 Å². The molecule has 0 saturated heterocycles. The van der Waals surface area contributed by atoms with Crippen molar-refractivity contribution in [2.24, 2.45) is 0 Å². The molecule has 1 N–H and O–H groups in total. The highest BCUT2D eigenvalue weighted by Crippen LogP contribution is 2.24. The Morgan fingerprint density at radius 2 is 1.80 bits per heavy atom. The quantitative estimate of drug-likeness (QED) is 0.592. The molecule has 2 aromatic carbocycles. The van der Waals surface area contributed by atoms with Gasteiger partial charge in [-0.3, -0.25) is 9.59 Å². The Kier molecular flexibility index (Phi) is 6.57. The van der Waals surface area contributed by atoms with E-state index in [-0.39, 0.29) is 12.5 Å². The van der Waals surface area contributed by atoms with Gasteiger partial charge in [-0.05, 0) is 61.7 Å². The molecular formula is C20H23NO4. The van der Waals surface area contributed by atoms with Crippen LogP contribution in [0.4, 0.5) is 0 Å². The zero-order valence-corrected chi connectivity index (χ0v) is 14.8. The maximum atomic E-state index is 11.9. The fourth-order valence-electron chi connectivity index (χ4n) is 2.53. The van der Waals surface area contributed by atoms with E-state index < -0.39 is 0 Å². The predicted molar refractivity (Wildman–Crippen MR) is 96.5 cm³/mol. The third kappa shape index (κ3) is 5.64. The average molecular weight is 341 g/mol. The molecule has 0 unspecified atom stereocenters. The number of aryl methyl sites for hydroxylation is 3. The molecule has 0 aliphatic carbocycles. The van der Waals surface area contributed by atoms with Crippen molar-refractivity contribution in [3.05, 3.63) is 58.7 Å². The molecule has 5 nitrogen and oxygen atoms in total. The summed E-state index contributed by atoms with van der Waals surface area (Å²) >= 11 is 0. The van der Waals surface area contributed by atoms with E-state index in [2.05, 4.69) is 5.32 Å². The lowest BCUT2D eigenvalue weighted by Crippen LogP contribution is -2.32. The monoisotopic (exact) mass is 341 g/mol. The molecule has 1 amide bonds. The van der Waals surface area contributed by atoms with Crippen molar-refractivity contribution >= 4 is 12.2 Å². The molecule has 0 atom stereocenters. The molecular weight excluding hydrogens is 318 g/mol. The molecule has 2 rings (SSSR count). The standard InChI is InChI=1S/C20H23NO4/c1-14-5-4-6-18(9-14)24-8-7-21-19(23)13-25-20-15(2)10-17(12-22)11-16(20)3/h4-6,9-12H,7-8,13H2,1-3H3,(H,21,23). The number of carbonyl (C=O) groups is 2. The second-order valence-corrected chi connectivity index (χ2v) is 5.91. The van der Waals surface area contributed by atoms with Crippen LogP contribution in [0, 0.1) is 20.8 Å². The van der Waals surface area contributed by atoms with Gasteiger partial charge in [0.15, 0.2) is 6.61 Å². The Morgan fingerprint density at radius 1 is 1.08 bits per heavy atom. The second kappa shape index (κ2) is 8.87. The predicted octanol–water partition coefficient (Wildman–Crippen LogP) is 3.00. The molecule has 0 bridgehead atoms. The molecule has 25 heavy (non-hydrogen) atoms. The second-order valence-electron chi connectivity index (χ2n) is 5.91. The fraction of sp³-hybridized carbons (Fsp3) is 0.300. The highest BCUT2D eigenvalue weighted by Gasteiger charge is 2.09. The van der Waals surface area contributed by atoms with Crippen LogP contribution in [0.5, 0.6) is 11.5 Å². The SMILES string of the molecule is Cc1cccc(OCCNC(=O)COc2c(C)cc(C=O)cc2C)c1. The molecule has 0 heterocycles. The van der Waals surface area contributed by atoms with Gasteiger partial charge in [-0.2, -0.15) is 0 Å². The van der Waals surface area contributed by atoms with E-state index in [4.69, 9.17) is 9.47 Å². The number of ether oxygens (including phenoxy) is 2. The number of rotatable bonds is 8. The highest BCUT2D eigenvalue weighted by atomic mass is 16.5. The molecule has 0 aromatic heterocycles. The van der Waals surface area contributed by atoms with E-state index in [1.165, 1.54) is 0 Å². The van der Waals surface area contributed by atoms with Crippen molar-refractivity contribution in [1.29, 1.82) is 0 Å². The topological polar surface area (TPSA) is 64.6 Å². The summed E-state index contributed by atoms with van der Waals surface area (Å²) in [6.45, 7) is 6.41. The van der Waals surface area contributed by atoms with E-state index in [1.54, 1.807) is 12.1 Å². The summed E-state index contributed by atoms with van der Waals surface area (Å²) in [4.78, 5) is 22.7. The molecule has 0 fully saturated rings. The third-order valence-electron chi connectivity index (χ3n) is 3.65. The third-order valence-corrected chi connectivity index (χ3v) is 3.65. The summed E-state index contributed by atoms with van der Waals surface area (Å²) in [5, 5.41) is 2.75. The molecule has 0 spiro atoms. The Bertz CT molecular complexity index is 732. The number of benzene rings is 2. The van der Waals surface area contributed by atoms with Gasteiger partial charge in [0.05, 0.1) is 6.54 Å². The Hall–Kier alpha value is -2.82. The van der Waals surface area contributed by atoms with Gasteiger partial charge in [-0.15, -0.1) is 0 Å². The number of amides is 1. The minimum Gasteiger partial charge on any atom is -0.492 e. The maximum Gasteiger partial charge on any atom is 0.258 e. The Morgan fingerprint density at radius 3 is 2.44 bits per heavy atom. The normalized spacial score (nSPS) is 10.2. The first-order valence-corrected chi connectivity index (χ1v) is 8.15. The number of aldehydes is 1. The van der Waals surface area contributed by atoms with Crippen molar-refractivity contribution in [2.45, 2.75) is 20.8 Å². The first kappa shape index (κ1) is 18.5. The van der Waals surface area contributed by atoms with Crippen LogP contribution in [0.1, 0.15) is 27.0 Å². The first-order valence-electron chi connectivity index (χ1n) is 8.15. The lowest BCUT2D eigenvalue weighted by atomic mass is 10.1. The van der Waals surface area contributed by atoms with Crippen LogP contribution in [0.15, 0.2) is 36.4 Å². The zero-order valence-electron chi connectivity index (χ0n) is 14.8. The molecule has 0 aliphatic rings. The summed E-state index contributed by atoms with van der Waals surface area (Å²) in [5.41, 5.74) is 3.39. The minimum atomic E-state index is -0.217. The van der Waals surface area contributed by atoms with Crippen molar-refractivity contribution < 1.29 is 19.1 Å². The number of hydrogen-bond acceptors (Lipinski definition) is 4. The van der Waals surface area contributed by atoms with Gasteiger partial charge >= 0.3 is 0 Å². The van der Waals surface area contributed by atoms with Crippen LogP contribution in [-0.2, 0) is 4.79 Å². The molecule has 0 radical (unpaired) electrons. The van der Waals surface area contributed by atoms with Crippen molar-refractivity contribution in [1.82, 2.24) is 5.32 Å².